The van der Waals surface area contributed by atoms with Gasteiger partial charge in [-0.3, -0.25) is 4.79 Å². The van der Waals surface area contributed by atoms with Crippen molar-refractivity contribution in [3.8, 4) is 10.6 Å². The summed E-state index contributed by atoms with van der Waals surface area (Å²) in [5, 5.41) is 14.2. The van der Waals surface area contributed by atoms with E-state index in [9.17, 15) is 18.7 Å². The van der Waals surface area contributed by atoms with E-state index >= 15 is 0 Å². The van der Waals surface area contributed by atoms with Crippen LogP contribution in [-0.4, -0.2) is 28.6 Å². The summed E-state index contributed by atoms with van der Waals surface area (Å²) in [5.41, 5.74) is 0.589. The molecule has 22 heavy (non-hydrogen) atoms. The van der Waals surface area contributed by atoms with E-state index in [1.807, 2.05) is 13.8 Å². The van der Waals surface area contributed by atoms with Gasteiger partial charge in [-0.15, -0.1) is 11.3 Å². The largest absolute Gasteiger partial charge is 0.391 e. The number of nitrogens with zero attached hydrogens (tertiary/aromatic N) is 1. The second-order valence-corrected chi connectivity index (χ2v) is 6.05. The van der Waals surface area contributed by atoms with E-state index < -0.39 is 23.6 Å². The smallest absolute Gasteiger partial charge is 0.270 e. The Balaban J connectivity index is 2.07. The Labute approximate surface area is 130 Å². The van der Waals surface area contributed by atoms with Crippen LogP contribution >= 0.6 is 11.3 Å². The number of thiazole rings is 1. The standard InChI is InChI=1S/C15H16F2N2O2S/c1-8(2)13(20)6-18-14(21)12-7-22-15(19-12)9-3-4-10(16)11(17)5-9/h3-5,7-8,13,20H,6H2,1-2H3,(H,18,21). The number of hydrogen-bond acceptors (Lipinski definition) is 4. The molecule has 0 saturated heterocycles. The van der Waals surface area contributed by atoms with Crippen molar-refractivity contribution < 1.29 is 18.7 Å². The van der Waals surface area contributed by atoms with Crippen LogP contribution in [-0.2, 0) is 0 Å². The highest BCUT2D eigenvalue weighted by atomic mass is 32.1. The zero-order valence-electron chi connectivity index (χ0n) is 12.1. The van der Waals surface area contributed by atoms with E-state index in [2.05, 4.69) is 10.3 Å². The highest BCUT2D eigenvalue weighted by Gasteiger charge is 2.15. The fourth-order valence-corrected chi connectivity index (χ4v) is 2.46. The van der Waals surface area contributed by atoms with Gasteiger partial charge in [0.25, 0.3) is 5.91 Å². The summed E-state index contributed by atoms with van der Waals surface area (Å²) in [5.74, 6) is -2.27. The van der Waals surface area contributed by atoms with Crippen molar-refractivity contribution in [2.24, 2.45) is 5.92 Å². The number of nitrogens with one attached hydrogen (secondary N) is 1. The van der Waals surface area contributed by atoms with Crippen LogP contribution in [0.4, 0.5) is 8.78 Å². The SMILES string of the molecule is CC(C)C(O)CNC(=O)c1csc(-c2ccc(F)c(F)c2)n1. The Kier molecular flexibility index (Phi) is 5.20. The molecule has 7 heteroatoms. The average molecular weight is 326 g/mol. The van der Waals surface area contributed by atoms with Crippen LogP contribution in [0.5, 0.6) is 0 Å². The third-order valence-electron chi connectivity index (χ3n) is 3.14. The molecule has 1 unspecified atom stereocenters. The third kappa shape index (κ3) is 3.86. The van der Waals surface area contributed by atoms with Gasteiger partial charge in [-0.2, -0.15) is 0 Å². The number of carbonyl (C=O) groups is 1. The molecule has 2 rings (SSSR count). The number of hydrogen-bond donors (Lipinski definition) is 2. The minimum atomic E-state index is -0.959. The van der Waals surface area contributed by atoms with Crippen LogP contribution in [0, 0.1) is 17.6 Å². The number of halogens is 2. The number of amides is 1. The number of benzene rings is 1. The van der Waals surface area contributed by atoms with E-state index in [-0.39, 0.29) is 18.2 Å². The molecular weight excluding hydrogens is 310 g/mol. The van der Waals surface area contributed by atoms with Gasteiger partial charge in [0.1, 0.15) is 10.7 Å². The van der Waals surface area contributed by atoms with Crippen LogP contribution in [0.25, 0.3) is 10.6 Å². The van der Waals surface area contributed by atoms with E-state index in [4.69, 9.17) is 0 Å². The molecule has 1 amide bonds. The third-order valence-corrected chi connectivity index (χ3v) is 4.04. The second kappa shape index (κ2) is 6.93. The molecule has 0 bridgehead atoms. The first kappa shape index (κ1) is 16.5. The molecular formula is C15H16F2N2O2S. The molecule has 2 aromatic rings. The predicted octanol–water partition coefficient (Wildman–Crippen LogP) is 2.84. The first-order chi connectivity index (χ1) is 10.4. The van der Waals surface area contributed by atoms with Crippen LogP contribution < -0.4 is 5.32 Å². The lowest BCUT2D eigenvalue weighted by molar-refractivity contribution is 0.0868. The summed E-state index contributed by atoms with van der Waals surface area (Å²) < 4.78 is 26.1. The van der Waals surface area contributed by atoms with Crippen molar-refractivity contribution in [2.45, 2.75) is 20.0 Å². The fourth-order valence-electron chi connectivity index (χ4n) is 1.66. The van der Waals surface area contributed by atoms with E-state index in [0.717, 1.165) is 23.5 Å². The van der Waals surface area contributed by atoms with Crippen molar-refractivity contribution in [2.75, 3.05) is 6.54 Å². The van der Waals surface area contributed by atoms with Crippen molar-refractivity contribution in [3.63, 3.8) is 0 Å². The van der Waals surface area contributed by atoms with Crippen LogP contribution in [0.1, 0.15) is 24.3 Å². The zero-order valence-corrected chi connectivity index (χ0v) is 13.0. The molecule has 0 aliphatic rings. The minimum Gasteiger partial charge on any atom is -0.391 e. The Morgan fingerprint density at radius 3 is 2.73 bits per heavy atom. The first-order valence-corrected chi connectivity index (χ1v) is 7.63. The molecule has 0 saturated carbocycles. The summed E-state index contributed by atoms with van der Waals surface area (Å²) >= 11 is 1.16. The maximum absolute atomic E-state index is 13.2. The summed E-state index contributed by atoms with van der Waals surface area (Å²) in [7, 11) is 0. The summed E-state index contributed by atoms with van der Waals surface area (Å²) in [6, 6.07) is 3.46. The lowest BCUT2D eigenvalue weighted by atomic mass is 10.1. The van der Waals surface area contributed by atoms with Gasteiger partial charge in [0, 0.05) is 17.5 Å². The average Bonchev–Trinajstić information content (AvgIpc) is 2.97. The number of rotatable bonds is 5. The van der Waals surface area contributed by atoms with Gasteiger partial charge in [0.2, 0.25) is 0 Å². The Morgan fingerprint density at radius 1 is 1.36 bits per heavy atom. The van der Waals surface area contributed by atoms with Gasteiger partial charge in [0.15, 0.2) is 11.6 Å². The second-order valence-electron chi connectivity index (χ2n) is 5.19. The molecule has 0 aliphatic carbocycles. The van der Waals surface area contributed by atoms with Crippen molar-refractivity contribution in [1.82, 2.24) is 10.3 Å². The summed E-state index contributed by atoms with van der Waals surface area (Å²) in [6.07, 6.45) is -0.631. The molecule has 1 aromatic heterocycles. The van der Waals surface area contributed by atoms with E-state index in [1.54, 1.807) is 0 Å². The Morgan fingerprint density at radius 2 is 2.09 bits per heavy atom. The molecule has 0 aliphatic heterocycles. The summed E-state index contributed by atoms with van der Waals surface area (Å²) in [6.45, 7) is 3.83. The van der Waals surface area contributed by atoms with Gasteiger partial charge in [-0.25, -0.2) is 13.8 Å². The molecule has 1 heterocycles. The molecule has 4 nitrogen and oxygen atoms in total. The van der Waals surface area contributed by atoms with Crippen molar-refractivity contribution in [3.05, 3.63) is 40.9 Å². The molecule has 0 radical (unpaired) electrons. The highest BCUT2D eigenvalue weighted by molar-refractivity contribution is 7.13. The molecule has 1 aromatic carbocycles. The molecule has 118 valence electrons. The Bertz CT molecular complexity index is 673. The van der Waals surface area contributed by atoms with Gasteiger partial charge < -0.3 is 10.4 Å². The maximum Gasteiger partial charge on any atom is 0.270 e. The minimum absolute atomic E-state index is 0.0356. The lowest BCUT2D eigenvalue weighted by Crippen LogP contribution is -2.34. The Hall–Kier alpha value is -1.86. The number of aliphatic hydroxyl groups is 1. The van der Waals surface area contributed by atoms with E-state index in [0.29, 0.717) is 10.6 Å². The van der Waals surface area contributed by atoms with Crippen LogP contribution in [0.2, 0.25) is 0 Å². The van der Waals surface area contributed by atoms with Gasteiger partial charge in [-0.1, -0.05) is 13.8 Å². The van der Waals surface area contributed by atoms with Crippen molar-refractivity contribution >= 4 is 17.2 Å². The number of carbonyl (C=O) groups excluding carboxylic acids is 1. The fraction of sp³-hybridized carbons (Fsp3) is 0.333. The molecule has 0 fully saturated rings. The summed E-state index contributed by atoms with van der Waals surface area (Å²) in [4.78, 5) is 16.0. The predicted molar refractivity (Wildman–Crippen MR) is 80.6 cm³/mol. The zero-order chi connectivity index (χ0) is 16.3. The number of aliphatic hydroxyl groups excluding tert-OH is 1. The highest BCUT2D eigenvalue weighted by Crippen LogP contribution is 2.25. The van der Waals surface area contributed by atoms with Crippen LogP contribution in [0.3, 0.4) is 0 Å². The quantitative estimate of drug-likeness (QED) is 0.888. The van der Waals surface area contributed by atoms with Gasteiger partial charge in [-0.05, 0) is 24.1 Å². The van der Waals surface area contributed by atoms with E-state index in [1.165, 1.54) is 11.4 Å². The number of aromatic nitrogens is 1. The normalized spacial score (nSPS) is 12.5. The topological polar surface area (TPSA) is 62.2 Å². The maximum atomic E-state index is 13.2. The first-order valence-electron chi connectivity index (χ1n) is 6.75. The van der Waals surface area contributed by atoms with Gasteiger partial charge >= 0.3 is 0 Å². The molecule has 1 atom stereocenters. The molecule has 2 N–H and O–H groups in total. The van der Waals surface area contributed by atoms with Crippen molar-refractivity contribution in [1.29, 1.82) is 0 Å². The lowest BCUT2D eigenvalue weighted by Gasteiger charge is -2.14. The monoisotopic (exact) mass is 326 g/mol. The van der Waals surface area contributed by atoms with Crippen LogP contribution in [0.15, 0.2) is 23.6 Å². The van der Waals surface area contributed by atoms with Gasteiger partial charge in [0.05, 0.1) is 6.10 Å². The molecule has 0 spiro atoms.